The largest absolute Gasteiger partial charge is 0.444 e. The molecule has 2 aromatic rings. The molecule has 0 saturated carbocycles. The van der Waals surface area contributed by atoms with Crippen molar-refractivity contribution >= 4 is 41.1 Å². The molecule has 1 aromatic carbocycles. The molecule has 0 aliphatic heterocycles. The fraction of sp³-hybridized carbons (Fsp3) is 0.636. The number of fused-ring (bicyclic) bond motifs is 1. The zero-order valence-corrected chi connectivity index (χ0v) is 22.3. The second-order valence-corrected chi connectivity index (χ2v) is 16.6. The van der Waals surface area contributed by atoms with Crippen molar-refractivity contribution in [3.63, 3.8) is 0 Å². The van der Waals surface area contributed by atoms with Crippen molar-refractivity contribution in [2.45, 2.75) is 78.4 Å². The standard InChI is InChI=1S/C22H36BrN3O4Si/c1-16(25-21(27)30-22(2,3)4)12-29-13-17-10-18(23)11-19-20(17)26(14-24-19)15-28-8-9-31(5,6)7/h10-11,14,16H,8-9,12-13,15H2,1-7H3,(H,25,27)/t16-/m1/s1. The van der Waals surface area contributed by atoms with Gasteiger partial charge in [-0.05, 0) is 45.9 Å². The smallest absolute Gasteiger partial charge is 0.407 e. The lowest BCUT2D eigenvalue weighted by molar-refractivity contribution is 0.0442. The minimum absolute atomic E-state index is 0.174. The summed E-state index contributed by atoms with van der Waals surface area (Å²) in [4.78, 5) is 16.4. The molecule has 0 saturated heterocycles. The first-order chi connectivity index (χ1) is 14.3. The van der Waals surface area contributed by atoms with E-state index in [1.165, 1.54) is 0 Å². The first kappa shape index (κ1) is 25.8. The second kappa shape index (κ2) is 10.9. The normalized spacial score (nSPS) is 13.4. The lowest BCUT2D eigenvalue weighted by Crippen LogP contribution is -2.39. The van der Waals surface area contributed by atoms with Crippen LogP contribution < -0.4 is 5.32 Å². The maximum atomic E-state index is 11.9. The Balaban J connectivity index is 1.96. The fourth-order valence-electron chi connectivity index (χ4n) is 2.90. The average molecular weight is 515 g/mol. The number of hydrogen-bond donors (Lipinski definition) is 1. The molecule has 0 radical (unpaired) electrons. The number of halogens is 1. The van der Waals surface area contributed by atoms with E-state index in [2.05, 4.69) is 45.9 Å². The first-order valence-corrected chi connectivity index (χ1v) is 15.1. The van der Waals surface area contributed by atoms with Crippen molar-refractivity contribution < 1.29 is 19.0 Å². The quantitative estimate of drug-likeness (QED) is 0.333. The zero-order chi connectivity index (χ0) is 23.2. The van der Waals surface area contributed by atoms with Gasteiger partial charge in [0.15, 0.2) is 0 Å². The minimum Gasteiger partial charge on any atom is -0.444 e. The van der Waals surface area contributed by atoms with E-state index in [-0.39, 0.29) is 6.04 Å². The molecule has 1 N–H and O–H groups in total. The molecule has 0 spiro atoms. The van der Waals surface area contributed by atoms with Crippen LogP contribution in [0.4, 0.5) is 4.79 Å². The average Bonchev–Trinajstić information content (AvgIpc) is 2.98. The minimum atomic E-state index is -1.12. The van der Waals surface area contributed by atoms with Gasteiger partial charge in [0.2, 0.25) is 0 Å². The number of benzene rings is 1. The van der Waals surface area contributed by atoms with Crippen LogP contribution in [0.2, 0.25) is 25.7 Å². The maximum Gasteiger partial charge on any atom is 0.407 e. The van der Waals surface area contributed by atoms with Gasteiger partial charge in [-0.15, -0.1) is 0 Å². The van der Waals surface area contributed by atoms with Crippen molar-refractivity contribution in [2.75, 3.05) is 13.2 Å². The van der Waals surface area contributed by atoms with E-state index in [4.69, 9.17) is 14.2 Å². The molecule has 0 bridgehead atoms. The van der Waals surface area contributed by atoms with Crippen molar-refractivity contribution in [1.29, 1.82) is 0 Å². The van der Waals surface area contributed by atoms with E-state index >= 15 is 0 Å². The molecule has 0 fully saturated rings. The summed E-state index contributed by atoms with van der Waals surface area (Å²) in [6, 6.07) is 4.98. The van der Waals surface area contributed by atoms with Crippen molar-refractivity contribution in [1.82, 2.24) is 14.9 Å². The molecular formula is C22H36BrN3O4Si. The Kier molecular flexibility index (Phi) is 9.11. The summed E-state index contributed by atoms with van der Waals surface area (Å²) in [6.07, 6.45) is 1.36. The predicted octanol–water partition coefficient (Wildman–Crippen LogP) is 5.54. The van der Waals surface area contributed by atoms with Gasteiger partial charge in [-0.25, -0.2) is 9.78 Å². The molecule has 31 heavy (non-hydrogen) atoms. The number of hydrogen-bond acceptors (Lipinski definition) is 5. The molecule has 1 heterocycles. The number of carbonyl (C=O) groups excluding carboxylic acids is 1. The molecule has 0 aliphatic rings. The summed E-state index contributed by atoms with van der Waals surface area (Å²) >= 11 is 3.55. The van der Waals surface area contributed by atoms with Crippen LogP contribution in [0.1, 0.15) is 33.3 Å². The lowest BCUT2D eigenvalue weighted by Gasteiger charge is -2.22. The summed E-state index contributed by atoms with van der Waals surface area (Å²) in [7, 11) is -1.12. The molecule has 174 valence electrons. The Hall–Kier alpha value is -1.42. The van der Waals surface area contributed by atoms with Crippen molar-refractivity contribution in [2.24, 2.45) is 0 Å². The lowest BCUT2D eigenvalue weighted by atomic mass is 10.2. The Morgan fingerprint density at radius 2 is 1.97 bits per heavy atom. The first-order valence-electron chi connectivity index (χ1n) is 10.6. The van der Waals surface area contributed by atoms with E-state index < -0.39 is 19.8 Å². The number of carbonyl (C=O) groups is 1. The number of imidazole rings is 1. The van der Waals surface area contributed by atoms with Gasteiger partial charge in [-0.2, -0.15) is 0 Å². The number of nitrogens with one attached hydrogen (secondary N) is 1. The van der Waals surface area contributed by atoms with E-state index in [0.717, 1.165) is 33.7 Å². The summed E-state index contributed by atoms with van der Waals surface area (Å²) in [5.74, 6) is 0. The van der Waals surface area contributed by atoms with Gasteiger partial charge in [0.05, 0.1) is 36.6 Å². The fourth-order valence-corrected chi connectivity index (χ4v) is 4.15. The van der Waals surface area contributed by atoms with Crippen LogP contribution in [0.25, 0.3) is 11.0 Å². The van der Waals surface area contributed by atoms with Crippen molar-refractivity contribution in [3.8, 4) is 0 Å². The number of aromatic nitrogens is 2. The molecular weight excluding hydrogens is 478 g/mol. The van der Waals surface area contributed by atoms with Crippen LogP contribution in [0.3, 0.4) is 0 Å². The third kappa shape index (κ3) is 9.30. The van der Waals surface area contributed by atoms with Crippen molar-refractivity contribution in [3.05, 3.63) is 28.5 Å². The Bertz CT molecular complexity index is 874. The molecule has 2 rings (SSSR count). The van der Waals surface area contributed by atoms with E-state index in [0.29, 0.717) is 19.9 Å². The van der Waals surface area contributed by atoms with Gasteiger partial charge in [-0.1, -0.05) is 35.6 Å². The molecule has 1 atom stereocenters. The molecule has 1 amide bonds. The van der Waals surface area contributed by atoms with Gasteiger partial charge >= 0.3 is 6.09 Å². The molecule has 1 aromatic heterocycles. The highest BCUT2D eigenvalue weighted by Gasteiger charge is 2.18. The summed E-state index contributed by atoms with van der Waals surface area (Å²) in [6.45, 7) is 16.4. The van der Waals surface area contributed by atoms with Gasteiger partial charge in [-0.3, -0.25) is 0 Å². The van der Waals surface area contributed by atoms with Gasteiger partial charge in [0, 0.05) is 24.7 Å². The van der Waals surface area contributed by atoms with Gasteiger partial charge < -0.3 is 24.1 Å². The van der Waals surface area contributed by atoms with Crippen LogP contribution >= 0.6 is 15.9 Å². The number of rotatable bonds is 10. The number of ether oxygens (including phenoxy) is 3. The number of nitrogens with zero attached hydrogens (tertiary/aromatic N) is 2. The zero-order valence-electron chi connectivity index (χ0n) is 19.8. The Labute approximate surface area is 195 Å². The maximum absolute atomic E-state index is 11.9. The Morgan fingerprint density at radius 3 is 2.61 bits per heavy atom. The summed E-state index contributed by atoms with van der Waals surface area (Å²) in [5.41, 5.74) is 2.38. The van der Waals surface area contributed by atoms with Crippen LogP contribution in [-0.2, 0) is 27.5 Å². The third-order valence-corrected chi connectivity index (χ3v) is 6.53. The van der Waals surface area contributed by atoms with Crippen LogP contribution in [0.15, 0.2) is 22.9 Å². The third-order valence-electron chi connectivity index (χ3n) is 4.37. The molecule has 0 unspecified atom stereocenters. The van der Waals surface area contributed by atoms with Crippen LogP contribution in [0.5, 0.6) is 0 Å². The van der Waals surface area contributed by atoms with Gasteiger partial charge in [0.25, 0.3) is 0 Å². The van der Waals surface area contributed by atoms with Crippen LogP contribution in [-0.4, -0.2) is 48.6 Å². The summed E-state index contributed by atoms with van der Waals surface area (Å²) in [5, 5.41) is 2.79. The highest BCUT2D eigenvalue weighted by Crippen LogP contribution is 2.25. The van der Waals surface area contributed by atoms with E-state index in [1.54, 1.807) is 0 Å². The predicted molar refractivity (Wildman–Crippen MR) is 130 cm³/mol. The Morgan fingerprint density at radius 1 is 1.26 bits per heavy atom. The number of amides is 1. The monoisotopic (exact) mass is 513 g/mol. The summed E-state index contributed by atoms with van der Waals surface area (Å²) < 4.78 is 20.1. The topological polar surface area (TPSA) is 74.6 Å². The number of alkyl carbamates (subject to hydrolysis) is 1. The molecule has 9 heteroatoms. The second-order valence-electron chi connectivity index (χ2n) is 10.1. The van der Waals surface area contributed by atoms with E-state index in [9.17, 15) is 4.79 Å². The van der Waals surface area contributed by atoms with E-state index in [1.807, 2.05) is 50.7 Å². The molecule has 7 nitrogen and oxygen atoms in total. The van der Waals surface area contributed by atoms with Gasteiger partial charge in [0.1, 0.15) is 12.3 Å². The highest BCUT2D eigenvalue weighted by molar-refractivity contribution is 9.10. The highest BCUT2D eigenvalue weighted by atomic mass is 79.9. The SMILES string of the molecule is C[C@H](COCc1cc(Br)cc2ncn(COCC[Si](C)(C)C)c12)NC(=O)OC(C)(C)C. The van der Waals surface area contributed by atoms with Crippen LogP contribution in [0, 0.1) is 0 Å². The molecule has 0 aliphatic carbocycles.